The van der Waals surface area contributed by atoms with Gasteiger partial charge in [0.05, 0.1) is 5.69 Å². The first-order chi connectivity index (χ1) is 12.0. The van der Waals surface area contributed by atoms with Gasteiger partial charge in [0, 0.05) is 13.0 Å². The molecule has 0 bridgehead atoms. The zero-order valence-corrected chi connectivity index (χ0v) is 14.2. The normalized spacial score (nSPS) is 13.7. The van der Waals surface area contributed by atoms with Crippen LogP contribution in [-0.4, -0.2) is 24.9 Å². The van der Waals surface area contributed by atoms with Crippen LogP contribution in [0.15, 0.2) is 18.2 Å². The maximum absolute atomic E-state index is 14.3. The van der Waals surface area contributed by atoms with Gasteiger partial charge in [-0.3, -0.25) is 0 Å². The molecule has 1 rings (SSSR count). The molecule has 0 saturated carbocycles. The first-order valence-corrected chi connectivity index (χ1v) is 8.31. The van der Waals surface area contributed by atoms with Crippen molar-refractivity contribution in [3.63, 3.8) is 0 Å². The molecule has 1 aromatic rings. The van der Waals surface area contributed by atoms with Gasteiger partial charge < -0.3 is 4.90 Å². The fourth-order valence-electron chi connectivity index (χ4n) is 2.59. The number of halogens is 8. The summed E-state index contributed by atoms with van der Waals surface area (Å²) in [4.78, 5) is 0.153. The van der Waals surface area contributed by atoms with Gasteiger partial charge in [-0.2, -0.15) is 22.0 Å². The summed E-state index contributed by atoms with van der Waals surface area (Å²) in [5.74, 6) is -2.81. The van der Waals surface area contributed by atoms with Gasteiger partial charge in [-0.25, -0.2) is 13.2 Å². The Morgan fingerprint density at radius 2 is 1.58 bits per heavy atom. The Morgan fingerprint density at radius 1 is 0.962 bits per heavy atom. The van der Waals surface area contributed by atoms with Crippen LogP contribution in [0.4, 0.5) is 40.8 Å². The quantitative estimate of drug-likeness (QED) is 0.246. The fourth-order valence-corrected chi connectivity index (χ4v) is 2.59. The molecular formula is C17H21F8N. The molecule has 0 saturated heterocycles. The van der Waals surface area contributed by atoms with Gasteiger partial charge in [0.15, 0.2) is 17.8 Å². The van der Waals surface area contributed by atoms with Gasteiger partial charge in [-0.05, 0) is 31.9 Å². The van der Waals surface area contributed by atoms with Gasteiger partial charge in [-0.1, -0.05) is 25.3 Å². The largest absolute Gasteiger partial charge is 0.389 e. The summed E-state index contributed by atoms with van der Waals surface area (Å²) in [5.41, 5.74) is -0.745. The molecule has 0 heterocycles. The smallest absolute Gasteiger partial charge is 0.308 e. The number of nitrogens with zero attached hydrogens (tertiary/aromatic N) is 1. The first-order valence-electron chi connectivity index (χ1n) is 8.31. The van der Waals surface area contributed by atoms with Crippen LogP contribution in [0.5, 0.6) is 0 Å². The van der Waals surface area contributed by atoms with Crippen molar-refractivity contribution in [2.75, 3.05) is 11.4 Å². The lowest BCUT2D eigenvalue weighted by molar-refractivity contribution is -0.135. The predicted molar refractivity (Wildman–Crippen MR) is 83.0 cm³/mol. The zero-order chi connectivity index (χ0) is 20.0. The van der Waals surface area contributed by atoms with E-state index in [1.165, 1.54) is 6.92 Å². The highest BCUT2D eigenvalue weighted by atomic mass is 19.4. The number of unbranched alkanes of at least 4 members (excludes halogenated alkanes) is 3. The highest BCUT2D eigenvalue weighted by molar-refractivity contribution is 5.49. The predicted octanol–water partition coefficient (Wildman–Crippen LogP) is 6.62. The van der Waals surface area contributed by atoms with Crippen molar-refractivity contribution in [3.05, 3.63) is 29.8 Å². The third-order valence-electron chi connectivity index (χ3n) is 3.94. The summed E-state index contributed by atoms with van der Waals surface area (Å²) in [5, 5.41) is 0. The topological polar surface area (TPSA) is 3.24 Å². The van der Waals surface area contributed by atoms with E-state index in [0.29, 0.717) is 0 Å². The zero-order valence-electron chi connectivity index (χ0n) is 14.2. The van der Waals surface area contributed by atoms with Crippen LogP contribution in [0, 0.1) is 11.6 Å². The van der Waals surface area contributed by atoms with Gasteiger partial charge in [0.2, 0.25) is 0 Å². The number of hydrogen-bond donors (Lipinski definition) is 0. The van der Waals surface area contributed by atoms with E-state index < -0.39 is 55.1 Å². The Hall–Kier alpha value is -1.54. The lowest BCUT2D eigenvalue weighted by Gasteiger charge is -2.34. The lowest BCUT2D eigenvalue weighted by Crippen LogP contribution is -2.49. The van der Waals surface area contributed by atoms with Gasteiger partial charge in [-0.15, -0.1) is 0 Å². The Morgan fingerprint density at radius 3 is 2.15 bits per heavy atom. The third kappa shape index (κ3) is 6.32. The van der Waals surface area contributed by atoms with Crippen molar-refractivity contribution in [3.8, 4) is 0 Å². The second-order valence-corrected chi connectivity index (χ2v) is 5.94. The van der Waals surface area contributed by atoms with Crippen LogP contribution in [0.25, 0.3) is 0 Å². The average molecular weight is 391 g/mol. The van der Waals surface area contributed by atoms with Crippen LogP contribution >= 0.6 is 0 Å². The third-order valence-corrected chi connectivity index (χ3v) is 3.94. The van der Waals surface area contributed by atoms with E-state index >= 15 is 0 Å². The molecule has 1 nitrogen and oxygen atoms in total. The Balaban J connectivity index is 2.62. The highest BCUT2D eigenvalue weighted by Crippen LogP contribution is 2.35. The summed E-state index contributed by atoms with van der Waals surface area (Å²) in [6.45, 7) is 0.793. The van der Waals surface area contributed by atoms with Gasteiger partial charge in [0.1, 0.15) is 0 Å². The summed E-state index contributed by atoms with van der Waals surface area (Å²) in [6, 6.07) is -1.34. The average Bonchev–Trinajstić information content (AvgIpc) is 2.54. The maximum Gasteiger partial charge on any atom is 0.389 e. The van der Waals surface area contributed by atoms with E-state index in [-0.39, 0.29) is 30.6 Å². The van der Waals surface area contributed by atoms with Crippen LogP contribution in [0.2, 0.25) is 0 Å². The first kappa shape index (κ1) is 22.5. The van der Waals surface area contributed by atoms with Crippen molar-refractivity contribution in [1.82, 2.24) is 0 Å². The summed E-state index contributed by atoms with van der Waals surface area (Å²) in [6.07, 6.45) is -8.35. The van der Waals surface area contributed by atoms with E-state index in [1.807, 2.05) is 0 Å². The maximum atomic E-state index is 14.3. The molecule has 0 N–H and O–H groups in total. The van der Waals surface area contributed by atoms with Crippen LogP contribution in [0.3, 0.4) is 0 Å². The van der Waals surface area contributed by atoms with Crippen molar-refractivity contribution >= 4 is 5.69 Å². The Labute approximate surface area is 147 Å². The van der Waals surface area contributed by atoms with E-state index in [9.17, 15) is 35.1 Å². The van der Waals surface area contributed by atoms with Crippen LogP contribution in [-0.2, 0) is 0 Å². The van der Waals surface area contributed by atoms with E-state index in [2.05, 4.69) is 0 Å². The number of anilines is 1. The number of hydrogen-bond acceptors (Lipinski definition) is 1. The Kier molecular flexibility index (Phi) is 8.15. The molecule has 1 atom stereocenters. The molecule has 0 radical (unpaired) electrons. The lowest BCUT2D eigenvalue weighted by atomic mass is 10.1. The summed E-state index contributed by atoms with van der Waals surface area (Å²) < 4.78 is 106. The molecule has 0 aliphatic heterocycles. The molecule has 0 aliphatic carbocycles. The monoisotopic (exact) mass is 391 g/mol. The molecule has 150 valence electrons. The van der Waals surface area contributed by atoms with Gasteiger partial charge >= 0.3 is 12.2 Å². The molecular weight excluding hydrogens is 370 g/mol. The van der Waals surface area contributed by atoms with Gasteiger partial charge in [0.25, 0.3) is 0 Å². The highest BCUT2D eigenvalue weighted by Gasteiger charge is 2.46. The van der Waals surface area contributed by atoms with Crippen molar-refractivity contribution in [2.45, 2.75) is 63.8 Å². The van der Waals surface area contributed by atoms with Crippen molar-refractivity contribution in [1.29, 1.82) is 0 Å². The van der Waals surface area contributed by atoms with Crippen molar-refractivity contribution < 1.29 is 35.1 Å². The molecule has 26 heavy (non-hydrogen) atoms. The SMILES string of the molecule is CCN(c1cccc(F)c1F)C(F)(F)C(F)CCCCCCC(F)(F)F. The second-order valence-electron chi connectivity index (χ2n) is 5.94. The summed E-state index contributed by atoms with van der Waals surface area (Å²) in [7, 11) is 0. The molecule has 0 aromatic heterocycles. The summed E-state index contributed by atoms with van der Waals surface area (Å²) >= 11 is 0. The minimum absolute atomic E-state index is 0.0300. The fraction of sp³-hybridized carbons (Fsp3) is 0.647. The minimum Gasteiger partial charge on any atom is -0.308 e. The van der Waals surface area contributed by atoms with Crippen LogP contribution in [0.1, 0.15) is 45.4 Å². The molecule has 0 aliphatic rings. The Bertz CT molecular complexity index is 558. The molecule has 9 heteroatoms. The van der Waals surface area contributed by atoms with Crippen molar-refractivity contribution in [2.24, 2.45) is 0 Å². The van der Waals surface area contributed by atoms with Crippen LogP contribution < -0.4 is 4.90 Å². The number of rotatable bonds is 10. The number of alkyl halides is 6. The molecule has 0 amide bonds. The van der Waals surface area contributed by atoms with E-state index in [0.717, 1.165) is 18.2 Å². The van der Waals surface area contributed by atoms with E-state index in [4.69, 9.17) is 0 Å². The molecule has 0 spiro atoms. The second kappa shape index (κ2) is 9.41. The van der Waals surface area contributed by atoms with E-state index in [1.54, 1.807) is 0 Å². The molecule has 1 aromatic carbocycles. The molecule has 1 unspecified atom stereocenters. The standard InChI is InChI=1S/C17H21F8N/c1-2-26(13-9-7-8-12(18)15(13)20)17(24,25)14(19)10-5-3-4-6-11-16(21,22)23/h7-9,14H,2-6,10-11H2,1H3. The molecule has 0 fully saturated rings. The minimum atomic E-state index is -4.27. The number of benzene rings is 1.